The van der Waals surface area contributed by atoms with Gasteiger partial charge in [0.2, 0.25) is 5.13 Å². The van der Waals surface area contributed by atoms with Crippen molar-refractivity contribution in [3.63, 3.8) is 0 Å². The summed E-state index contributed by atoms with van der Waals surface area (Å²) in [5.41, 5.74) is 4.56. The van der Waals surface area contributed by atoms with Gasteiger partial charge in [-0.3, -0.25) is 0 Å². The molecule has 0 saturated heterocycles. The number of aromatic nitrogens is 1. The third kappa shape index (κ3) is 2.95. The van der Waals surface area contributed by atoms with Gasteiger partial charge in [0, 0.05) is 6.21 Å². The fraction of sp³-hybridized carbons (Fsp3) is 0.176. The lowest BCUT2D eigenvalue weighted by Crippen LogP contribution is -1.85. The van der Waals surface area contributed by atoms with Gasteiger partial charge in [0.05, 0.1) is 17.3 Å². The van der Waals surface area contributed by atoms with Crippen LogP contribution in [-0.4, -0.2) is 18.3 Å². The molecule has 0 unspecified atom stereocenters. The van der Waals surface area contributed by atoms with Gasteiger partial charge in [0.15, 0.2) is 0 Å². The van der Waals surface area contributed by atoms with Crippen molar-refractivity contribution in [2.24, 2.45) is 4.99 Å². The van der Waals surface area contributed by atoms with Crippen LogP contribution >= 0.6 is 11.3 Å². The molecule has 0 atom stereocenters. The smallest absolute Gasteiger partial charge is 0.210 e. The Bertz CT molecular complexity index is 782. The molecule has 0 saturated carbocycles. The van der Waals surface area contributed by atoms with Gasteiger partial charge < -0.3 is 4.74 Å². The first-order chi connectivity index (χ1) is 10.2. The summed E-state index contributed by atoms with van der Waals surface area (Å²) in [4.78, 5) is 9.04. The highest BCUT2D eigenvalue weighted by molar-refractivity contribution is 7.22. The maximum atomic E-state index is 5.21. The summed E-state index contributed by atoms with van der Waals surface area (Å²) in [6.45, 7) is 4.22. The quantitative estimate of drug-likeness (QED) is 0.658. The number of aliphatic imine (C=N–C) groups is 1. The normalized spacial score (nSPS) is 11.4. The van der Waals surface area contributed by atoms with Crippen LogP contribution in [-0.2, 0) is 0 Å². The number of fused-ring (bicyclic) bond motifs is 1. The molecule has 0 bridgehead atoms. The van der Waals surface area contributed by atoms with Gasteiger partial charge in [-0.2, -0.15) is 0 Å². The van der Waals surface area contributed by atoms with E-state index in [2.05, 4.69) is 36.0 Å². The second-order valence-electron chi connectivity index (χ2n) is 4.94. The van der Waals surface area contributed by atoms with Crippen molar-refractivity contribution in [3.8, 4) is 5.75 Å². The van der Waals surface area contributed by atoms with Gasteiger partial charge in [-0.05, 0) is 54.8 Å². The minimum atomic E-state index is 0.776. The molecule has 0 amide bonds. The molecule has 0 aliphatic carbocycles. The summed E-state index contributed by atoms with van der Waals surface area (Å²) >= 11 is 1.61. The molecule has 106 valence electrons. The summed E-state index contributed by atoms with van der Waals surface area (Å²) in [7, 11) is 1.66. The Morgan fingerprint density at radius 2 is 1.95 bits per heavy atom. The Kier molecular flexibility index (Phi) is 3.71. The third-order valence-corrected chi connectivity index (χ3v) is 4.34. The number of rotatable bonds is 3. The molecule has 3 aromatic rings. The van der Waals surface area contributed by atoms with E-state index >= 15 is 0 Å². The minimum absolute atomic E-state index is 0.776. The van der Waals surface area contributed by atoms with Crippen molar-refractivity contribution in [2.75, 3.05) is 7.11 Å². The average Bonchev–Trinajstić information content (AvgIpc) is 2.87. The van der Waals surface area contributed by atoms with E-state index in [0.29, 0.717) is 0 Å². The van der Waals surface area contributed by atoms with Gasteiger partial charge in [0.1, 0.15) is 5.75 Å². The highest BCUT2D eigenvalue weighted by Gasteiger charge is 2.04. The Labute approximate surface area is 127 Å². The van der Waals surface area contributed by atoms with Crippen molar-refractivity contribution < 1.29 is 4.74 Å². The van der Waals surface area contributed by atoms with Crippen molar-refractivity contribution in [2.45, 2.75) is 13.8 Å². The van der Waals surface area contributed by atoms with E-state index in [-0.39, 0.29) is 0 Å². The van der Waals surface area contributed by atoms with Crippen molar-refractivity contribution in [1.82, 2.24) is 4.98 Å². The lowest BCUT2D eigenvalue weighted by Gasteiger charge is -1.98. The molecule has 2 aromatic carbocycles. The molecule has 3 rings (SSSR count). The lowest BCUT2D eigenvalue weighted by atomic mass is 10.1. The van der Waals surface area contributed by atoms with E-state index < -0.39 is 0 Å². The first kappa shape index (κ1) is 13.8. The van der Waals surface area contributed by atoms with E-state index in [4.69, 9.17) is 4.74 Å². The molecule has 0 spiro atoms. The summed E-state index contributed by atoms with van der Waals surface area (Å²) < 4.78 is 6.38. The Morgan fingerprint density at radius 3 is 2.76 bits per heavy atom. The molecule has 0 fully saturated rings. The van der Waals surface area contributed by atoms with Crippen molar-refractivity contribution in [3.05, 3.63) is 53.1 Å². The van der Waals surface area contributed by atoms with Crippen LogP contribution in [0.1, 0.15) is 16.7 Å². The van der Waals surface area contributed by atoms with E-state index in [1.165, 1.54) is 15.8 Å². The number of nitrogens with zero attached hydrogens (tertiary/aromatic N) is 2. The average molecular weight is 296 g/mol. The fourth-order valence-corrected chi connectivity index (χ4v) is 2.97. The maximum Gasteiger partial charge on any atom is 0.210 e. The monoisotopic (exact) mass is 296 g/mol. The van der Waals surface area contributed by atoms with Gasteiger partial charge in [0.25, 0.3) is 0 Å². The zero-order valence-electron chi connectivity index (χ0n) is 12.3. The molecule has 0 aliphatic heterocycles. The van der Waals surface area contributed by atoms with Crippen LogP contribution in [0, 0.1) is 13.8 Å². The van der Waals surface area contributed by atoms with E-state index in [1.54, 1.807) is 18.4 Å². The summed E-state index contributed by atoms with van der Waals surface area (Å²) in [5.74, 6) is 0.828. The fourth-order valence-electron chi connectivity index (χ4n) is 2.07. The second-order valence-corrected chi connectivity index (χ2v) is 5.94. The summed E-state index contributed by atoms with van der Waals surface area (Å²) in [5, 5.41) is 0.776. The molecule has 1 aromatic heterocycles. The second kappa shape index (κ2) is 5.66. The number of benzene rings is 2. The van der Waals surface area contributed by atoms with Gasteiger partial charge in [-0.1, -0.05) is 23.5 Å². The van der Waals surface area contributed by atoms with E-state index in [9.17, 15) is 0 Å². The van der Waals surface area contributed by atoms with Crippen LogP contribution in [0.5, 0.6) is 5.75 Å². The maximum absolute atomic E-state index is 5.21. The highest BCUT2D eigenvalue weighted by atomic mass is 32.1. The number of methoxy groups -OCH3 is 1. The summed E-state index contributed by atoms with van der Waals surface area (Å²) in [6.07, 6.45) is 1.82. The summed E-state index contributed by atoms with van der Waals surface area (Å²) in [6, 6.07) is 12.1. The lowest BCUT2D eigenvalue weighted by molar-refractivity contribution is 0.415. The van der Waals surface area contributed by atoms with Crippen LogP contribution < -0.4 is 4.74 Å². The molecule has 1 heterocycles. The van der Waals surface area contributed by atoms with Gasteiger partial charge >= 0.3 is 0 Å². The van der Waals surface area contributed by atoms with Crippen LogP contribution in [0.25, 0.3) is 10.2 Å². The molecular weight excluding hydrogens is 280 g/mol. The highest BCUT2D eigenvalue weighted by Crippen LogP contribution is 2.30. The van der Waals surface area contributed by atoms with Crippen LogP contribution in [0.4, 0.5) is 5.13 Å². The first-order valence-electron chi connectivity index (χ1n) is 6.71. The van der Waals surface area contributed by atoms with Crippen molar-refractivity contribution in [1.29, 1.82) is 0 Å². The number of hydrogen-bond donors (Lipinski definition) is 0. The van der Waals surface area contributed by atoms with Crippen LogP contribution in [0.15, 0.2) is 41.4 Å². The first-order valence-corrected chi connectivity index (χ1v) is 7.53. The SMILES string of the molecule is COc1cccc(/C=N/c2nc3cc(C)c(C)cc3s2)c1. The molecular formula is C17H16N2OS. The van der Waals surface area contributed by atoms with Crippen molar-refractivity contribution >= 4 is 32.9 Å². The largest absolute Gasteiger partial charge is 0.497 e. The number of ether oxygens (including phenoxy) is 1. The molecule has 0 N–H and O–H groups in total. The Balaban J connectivity index is 1.92. The number of aryl methyl sites for hydroxylation is 2. The zero-order valence-corrected chi connectivity index (χ0v) is 13.1. The number of thiazole rings is 1. The van der Waals surface area contributed by atoms with E-state index in [1.807, 2.05) is 30.5 Å². The molecule has 4 heteroatoms. The van der Waals surface area contributed by atoms with E-state index in [0.717, 1.165) is 22.0 Å². The van der Waals surface area contributed by atoms with Crippen LogP contribution in [0.2, 0.25) is 0 Å². The predicted octanol–water partition coefficient (Wildman–Crippen LogP) is 4.67. The predicted molar refractivity (Wildman–Crippen MR) is 89.3 cm³/mol. The third-order valence-electron chi connectivity index (χ3n) is 3.41. The van der Waals surface area contributed by atoms with Gasteiger partial charge in [-0.15, -0.1) is 0 Å². The van der Waals surface area contributed by atoms with Gasteiger partial charge in [-0.25, -0.2) is 9.98 Å². The molecule has 0 radical (unpaired) electrons. The number of hydrogen-bond acceptors (Lipinski definition) is 4. The molecule has 0 aliphatic rings. The zero-order chi connectivity index (χ0) is 14.8. The topological polar surface area (TPSA) is 34.5 Å². The molecule has 21 heavy (non-hydrogen) atoms. The molecule has 3 nitrogen and oxygen atoms in total. The Morgan fingerprint density at radius 1 is 1.14 bits per heavy atom. The Hall–Kier alpha value is -2.20. The minimum Gasteiger partial charge on any atom is -0.497 e. The standard InChI is InChI=1S/C17H16N2OS/c1-11-7-15-16(8-12(11)2)21-17(19-15)18-10-13-5-4-6-14(9-13)20-3/h4-10H,1-3H3/b18-10+. The van der Waals surface area contributed by atoms with Crippen LogP contribution in [0.3, 0.4) is 0 Å².